The molecule has 22 heavy (non-hydrogen) atoms. The standard InChI is InChI=1S/C19H28N2O/c1-15-12-13-21(18-11-7-6-10-17(15)18)19(22)14-20(2)16-8-4-3-5-9-16/h3-5,8-9,15,17-18H,6-7,10-14H2,1-2H3/t15-,17+,18+/m0/s1. The lowest BCUT2D eigenvalue weighted by Crippen LogP contribution is -2.54. The maximum Gasteiger partial charge on any atom is 0.242 e. The predicted octanol–water partition coefficient (Wildman–Crippen LogP) is 3.55. The highest BCUT2D eigenvalue weighted by Crippen LogP contribution is 2.38. The van der Waals surface area contributed by atoms with Gasteiger partial charge in [0.1, 0.15) is 0 Å². The quantitative estimate of drug-likeness (QED) is 0.852. The zero-order valence-corrected chi connectivity index (χ0v) is 13.9. The Bertz CT molecular complexity index is 501. The molecule has 1 saturated carbocycles. The Hall–Kier alpha value is -1.51. The van der Waals surface area contributed by atoms with Crippen molar-refractivity contribution in [3.05, 3.63) is 30.3 Å². The molecule has 2 aliphatic rings. The molecule has 1 aliphatic carbocycles. The molecular weight excluding hydrogens is 272 g/mol. The van der Waals surface area contributed by atoms with E-state index in [1.165, 1.54) is 32.1 Å². The maximum absolute atomic E-state index is 12.8. The summed E-state index contributed by atoms with van der Waals surface area (Å²) in [4.78, 5) is 17.1. The van der Waals surface area contributed by atoms with E-state index in [4.69, 9.17) is 0 Å². The highest BCUT2D eigenvalue weighted by atomic mass is 16.2. The van der Waals surface area contributed by atoms with E-state index in [9.17, 15) is 4.79 Å². The Morgan fingerprint density at radius 3 is 2.68 bits per heavy atom. The van der Waals surface area contributed by atoms with Crippen LogP contribution in [0.1, 0.15) is 39.0 Å². The molecule has 0 spiro atoms. The fourth-order valence-corrected chi connectivity index (χ4v) is 4.29. The minimum absolute atomic E-state index is 0.301. The number of likely N-dealkylation sites (tertiary alicyclic amines) is 1. The Balaban J connectivity index is 1.66. The summed E-state index contributed by atoms with van der Waals surface area (Å²) < 4.78 is 0. The predicted molar refractivity (Wildman–Crippen MR) is 91.0 cm³/mol. The molecule has 3 nitrogen and oxygen atoms in total. The van der Waals surface area contributed by atoms with Gasteiger partial charge in [-0.05, 0) is 43.2 Å². The zero-order chi connectivity index (χ0) is 15.5. The third kappa shape index (κ3) is 3.13. The molecule has 0 bridgehead atoms. The molecule has 1 aromatic rings. The van der Waals surface area contributed by atoms with Crippen molar-refractivity contribution in [2.24, 2.45) is 11.8 Å². The molecule has 120 valence electrons. The number of para-hydroxylation sites is 1. The van der Waals surface area contributed by atoms with Crippen molar-refractivity contribution in [2.45, 2.75) is 45.1 Å². The number of hydrogen-bond donors (Lipinski definition) is 0. The second kappa shape index (κ2) is 6.72. The number of carbonyl (C=O) groups is 1. The van der Waals surface area contributed by atoms with E-state index in [-0.39, 0.29) is 0 Å². The van der Waals surface area contributed by atoms with Gasteiger partial charge in [-0.25, -0.2) is 0 Å². The number of hydrogen-bond acceptors (Lipinski definition) is 2. The van der Waals surface area contributed by atoms with Crippen LogP contribution in [0, 0.1) is 11.8 Å². The Morgan fingerprint density at radius 1 is 1.18 bits per heavy atom. The molecule has 3 atom stereocenters. The number of benzene rings is 1. The van der Waals surface area contributed by atoms with Gasteiger partial charge >= 0.3 is 0 Å². The topological polar surface area (TPSA) is 23.6 Å². The first kappa shape index (κ1) is 15.4. The van der Waals surface area contributed by atoms with Crippen LogP contribution in [0.25, 0.3) is 0 Å². The fourth-order valence-electron chi connectivity index (χ4n) is 4.29. The second-order valence-corrected chi connectivity index (χ2v) is 7.06. The van der Waals surface area contributed by atoms with E-state index >= 15 is 0 Å². The van der Waals surface area contributed by atoms with E-state index in [0.29, 0.717) is 18.5 Å². The molecule has 1 heterocycles. The molecule has 0 unspecified atom stereocenters. The smallest absolute Gasteiger partial charge is 0.242 e. The van der Waals surface area contributed by atoms with Gasteiger partial charge in [0, 0.05) is 25.3 Å². The summed E-state index contributed by atoms with van der Waals surface area (Å²) in [7, 11) is 2.01. The zero-order valence-electron chi connectivity index (χ0n) is 13.9. The molecule has 3 heteroatoms. The summed E-state index contributed by atoms with van der Waals surface area (Å²) in [6.45, 7) is 3.81. The van der Waals surface area contributed by atoms with Crippen molar-refractivity contribution < 1.29 is 4.79 Å². The molecule has 1 aliphatic heterocycles. The van der Waals surface area contributed by atoms with E-state index < -0.39 is 0 Å². The van der Waals surface area contributed by atoms with E-state index in [2.05, 4.69) is 28.9 Å². The molecule has 1 amide bonds. The molecule has 3 rings (SSSR count). The lowest BCUT2D eigenvalue weighted by Gasteiger charge is -2.47. The fraction of sp³-hybridized carbons (Fsp3) is 0.632. The number of piperidine rings is 1. The maximum atomic E-state index is 12.8. The van der Waals surface area contributed by atoms with Crippen molar-refractivity contribution >= 4 is 11.6 Å². The lowest BCUT2D eigenvalue weighted by atomic mass is 9.72. The minimum atomic E-state index is 0.301. The van der Waals surface area contributed by atoms with Crippen LogP contribution >= 0.6 is 0 Å². The van der Waals surface area contributed by atoms with E-state index in [0.717, 1.165) is 24.1 Å². The summed E-state index contributed by atoms with van der Waals surface area (Å²) in [6.07, 6.45) is 6.31. The second-order valence-electron chi connectivity index (χ2n) is 7.06. The van der Waals surface area contributed by atoms with Crippen molar-refractivity contribution in [3.63, 3.8) is 0 Å². The Morgan fingerprint density at radius 2 is 1.91 bits per heavy atom. The van der Waals surface area contributed by atoms with Crippen LogP contribution in [0.2, 0.25) is 0 Å². The van der Waals surface area contributed by atoms with Gasteiger partial charge in [-0.15, -0.1) is 0 Å². The monoisotopic (exact) mass is 300 g/mol. The summed E-state index contributed by atoms with van der Waals surface area (Å²) >= 11 is 0. The first-order chi connectivity index (χ1) is 10.7. The first-order valence-corrected chi connectivity index (χ1v) is 8.72. The number of likely N-dealkylation sites (N-methyl/N-ethyl adjacent to an activating group) is 1. The van der Waals surface area contributed by atoms with Crippen LogP contribution in [0.3, 0.4) is 0 Å². The van der Waals surface area contributed by atoms with Crippen molar-refractivity contribution in [1.82, 2.24) is 4.90 Å². The Kier molecular flexibility index (Phi) is 4.70. The van der Waals surface area contributed by atoms with Crippen molar-refractivity contribution in [2.75, 3.05) is 25.0 Å². The summed E-state index contributed by atoms with van der Waals surface area (Å²) in [5, 5.41) is 0. The summed E-state index contributed by atoms with van der Waals surface area (Å²) in [5.41, 5.74) is 1.11. The van der Waals surface area contributed by atoms with Gasteiger partial charge in [-0.3, -0.25) is 4.79 Å². The Labute approximate surface area is 134 Å². The highest BCUT2D eigenvalue weighted by molar-refractivity contribution is 5.81. The highest BCUT2D eigenvalue weighted by Gasteiger charge is 2.39. The number of amides is 1. The molecule has 0 N–H and O–H groups in total. The van der Waals surface area contributed by atoms with E-state index in [1.807, 2.05) is 25.2 Å². The van der Waals surface area contributed by atoms with Gasteiger partial charge in [-0.1, -0.05) is 38.0 Å². The minimum Gasteiger partial charge on any atom is -0.365 e. The van der Waals surface area contributed by atoms with Crippen LogP contribution < -0.4 is 4.90 Å². The van der Waals surface area contributed by atoms with Crippen LogP contribution in [-0.4, -0.2) is 37.0 Å². The van der Waals surface area contributed by atoms with Gasteiger partial charge in [0.2, 0.25) is 5.91 Å². The van der Waals surface area contributed by atoms with Gasteiger partial charge in [0.25, 0.3) is 0 Å². The van der Waals surface area contributed by atoms with Crippen LogP contribution in [0.5, 0.6) is 0 Å². The number of anilines is 1. The molecule has 0 radical (unpaired) electrons. The third-order valence-corrected chi connectivity index (χ3v) is 5.63. The molecule has 0 aromatic heterocycles. The number of fused-ring (bicyclic) bond motifs is 1. The number of rotatable bonds is 3. The van der Waals surface area contributed by atoms with Gasteiger partial charge in [0.05, 0.1) is 6.54 Å². The molecule has 2 fully saturated rings. The summed E-state index contributed by atoms with van der Waals surface area (Å²) in [5.74, 6) is 1.81. The van der Waals surface area contributed by atoms with Crippen LogP contribution in [-0.2, 0) is 4.79 Å². The SMILES string of the molecule is C[C@H]1CCN(C(=O)CN(C)c2ccccc2)[C@@H]2CCCC[C@@H]21. The molecule has 1 aromatic carbocycles. The average Bonchev–Trinajstić information content (AvgIpc) is 2.56. The number of carbonyl (C=O) groups excluding carboxylic acids is 1. The normalized spacial score (nSPS) is 28.1. The average molecular weight is 300 g/mol. The van der Waals surface area contributed by atoms with Crippen molar-refractivity contribution in [1.29, 1.82) is 0 Å². The van der Waals surface area contributed by atoms with E-state index in [1.54, 1.807) is 0 Å². The lowest BCUT2D eigenvalue weighted by molar-refractivity contribution is -0.137. The summed E-state index contributed by atoms with van der Waals surface area (Å²) in [6, 6.07) is 10.7. The van der Waals surface area contributed by atoms with Gasteiger partial charge in [0.15, 0.2) is 0 Å². The number of nitrogens with zero attached hydrogens (tertiary/aromatic N) is 2. The van der Waals surface area contributed by atoms with Gasteiger partial charge < -0.3 is 9.80 Å². The molecular formula is C19H28N2O. The van der Waals surface area contributed by atoms with Gasteiger partial charge in [-0.2, -0.15) is 0 Å². The first-order valence-electron chi connectivity index (χ1n) is 8.72. The van der Waals surface area contributed by atoms with Crippen LogP contribution in [0.15, 0.2) is 30.3 Å². The molecule has 1 saturated heterocycles. The van der Waals surface area contributed by atoms with Crippen LogP contribution in [0.4, 0.5) is 5.69 Å². The van der Waals surface area contributed by atoms with Crippen molar-refractivity contribution in [3.8, 4) is 0 Å². The largest absolute Gasteiger partial charge is 0.365 e. The third-order valence-electron chi connectivity index (χ3n) is 5.63.